The lowest BCUT2D eigenvalue weighted by Crippen LogP contribution is -2.13. The number of aromatic amines is 1. The molecule has 8 heteroatoms. The van der Waals surface area contributed by atoms with E-state index in [1.54, 1.807) is 0 Å². The van der Waals surface area contributed by atoms with Gasteiger partial charge in [-0.2, -0.15) is 9.78 Å². The third kappa shape index (κ3) is 1.18. The van der Waals surface area contributed by atoms with E-state index in [1.807, 2.05) is 0 Å². The predicted molar refractivity (Wildman–Crippen MR) is 47.2 cm³/mol. The Kier molecular flexibility index (Phi) is 1.67. The van der Waals surface area contributed by atoms with Crippen molar-refractivity contribution in [2.45, 2.75) is 0 Å². The average Bonchev–Trinajstić information content (AvgIpc) is 2.73. The topological polar surface area (TPSA) is 128 Å². The van der Waals surface area contributed by atoms with Gasteiger partial charge in [0.05, 0.1) is 6.20 Å². The maximum Gasteiger partial charge on any atom is 0.285 e. The van der Waals surface area contributed by atoms with Crippen molar-refractivity contribution < 1.29 is 4.79 Å². The number of hydrogen-bond acceptors (Lipinski definition) is 6. The summed E-state index contributed by atoms with van der Waals surface area (Å²) in [6, 6.07) is 0. The van der Waals surface area contributed by atoms with Gasteiger partial charge in [0.2, 0.25) is 5.95 Å². The van der Waals surface area contributed by atoms with Gasteiger partial charge in [-0.3, -0.25) is 9.89 Å². The average molecular weight is 193 g/mol. The lowest BCUT2D eigenvalue weighted by molar-refractivity contribution is 0.0946. The molecule has 0 aromatic carbocycles. The number of anilines is 2. The molecule has 2 heterocycles. The van der Waals surface area contributed by atoms with Crippen molar-refractivity contribution in [1.82, 2.24) is 25.0 Å². The highest BCUT2D eigenvalue weighted by Gasteiger charge is 2.14. The molecule has 72 valence electrons. The summed E-state index contributed by atoms with van der Waals surface area (Å²) >= 11 is 0. The van der Waals surface area contributed by atoms with E-state index in [-0.39, 0.29) is 17.3 Å². The minimum Gasteiger partial charge on any atom is -0.383 e. The van der Waals surface area contributed by atoms with E-state index >= 15 is 0 Å². The molecule has 2 aromatic heterocycles. The molecule has 0 fully saturated rings. The summed E-state index contributed by atoms with van der Waals surface area (Å²) in [6.07, 6.45) is 2.53. The van der Waals surface area contributed by atoms with Gasteiger partial charge in [0.15, 0.2) is 0 Å². The van der Waals surface area contributed by atoms with Gasteiger partial charge in [0, 0.05) is 0 Å². The number of H-pyrrole nitrogens is 1. The number of carbonyl (C=O) groups is 1. The van der Waals surface area contributed by atoms with Crippen molar-refractivity contribution >= 4 is 17.7 Å². The number of hydrogen-bond donors (Lipinski definition) is 3. The van der Waals surface area contributed by atoms with Gasteiger partial charge in [0.1, 0.15) is 17.7 Å². The van der Waals surface area contributed by atoms with Crippen molar-refractivity contribution in [1.29, 1.82) is 0 Å². The van der Waals surface area contributed by atoms with E-state index in [9.17, 15) is 4.79 Å². The lowest BCUT2D eigenvalue weighted by Gasteiger charge is -1.95. The van der Waals surface area contributed by atoms with Crippen LogP contribution in [0.4, 0.5) is 11.8 Å². The Balaban J connectivity index is 2.38. The molecule has 2 rings (SSSR count). The molecule has 0 saturated carbocycles. The molecule has 0 aliphatic heterocycles. The summed E-state index contributed by atoms with van der Waals surface area (Å²) in [5.41, 5.74) is 10.9. The van der Waals surface area contributed by atoms with Crippen LogP contribution in [0.1, 0.15) is 10.4 Å². The van der Waals surface area contributed by atoms with Crippen LogP contribution < -0.4 is 11.5 Å². The molecule has 0 amide bonds. The summed E-state index contributed by atoms with van der Waals surface area (Å²) in [5.74, 6) is -0.218. The molecular weight excluding hydrogens is 186 g/mol. The van der Waals surface area contributed by atoms with Crippen molar-refractivity contribution in [3.8, 4) is 0 Å². The van der Waals surface area contributed by atoms with Crippen LogP contribution in [0, 0.1) is 0 Å². The van der Waals surface area contributed by atoms with Gasteiger partial charge in [0.25, 0.3) is 5.91 Å². The smallest absolute Gasteiger partial charge is 0.285 e. The molecule has 8 nitrogen and oxygen atoms in total. The monoisotopic (exact) mass is 193 g/mol. The van der Waals surface area contributed by atoms with E-state index in [0.717, 1.165) is 4.68 Å². The standard InChI is InChI=1S/C6H7N7O/c7-4-3(1-10-11-4)5(14)13-2-9-6(8)12-13/h1-2H,(H2,8,12)(H3,7,10,11). The number of nitrogens with one attached hydrogen (secondary N) is 1. The fourth-order valence-corrected chi connectivity index (χ4v) is 0.964. The van der Waals surface area contributed by atoms with Gasteiger partial charge in [-0.1, -0.05) is 0 Å². The van der Waals surface area contributed by atoms with E-state index < -0.39 is 5.91 Å². The number of nitrogens with two attached hydrogens (primary N) is 2. The Labute approximate surface area is 77.9 Å². The van der Waals surface area contributed by atoms with Crippen molar-refractivity contribution in [2.75, 3.05) is 11.5 Å². The highest BCUT2D eigenvalue weighted by atomic mass is 16.2. The van der Waals surface area contributed by atoms with Gasteiger partial charge in [-0.25, -0.2) is 4.98 Å². The van der Waals surface area contributed by atoms with Crippen LogP contribution >= 0.6 is 0 Å². The van der Waals surface area contributed by atoms with Crippen LogP contribution in [0.2, 0.25) is 0 Å². The van der Waals surface area contributed by atoms with Gasteiger partial charge < -0.3 is 11.5 Å². The summed E-state index contributed by atoms with van der Waals surface area (Å²) in [4.78, 5) is 15.2. The Hall–Kier alpha value is -2.38. The molecule has 0 spiro atoms. The minimum absolute atomic E-state index is 0.0282. The SMILES string of the molecule is Nc1ncn(C(=O)c2cn[nH]c2N)n1. The zero-order chi connectivity index (χ0) is 10.1. The third-order valence-corrected chi connectivity index (χ3v) is 1.62. The Morgan fingerprint density at radius 1 is 1.50 bits per heavy atom. The van der Waals surface area contributed by atoms with Crippen LogP contribution in [-0.2, 0) is 0 Å². The van der Waals surface area contributed by atoms with E-state index in [1.165, 1.54) is 12.5 Å². The number of aromatic nitrogens is 5. The second-order valence-corrected chi connectivity index (χ2v) is 2.55. The molecule has 0 radical (unpaired) electrons. The zero-order valence-electron chi connectivity index (χ0n) is 7.01. The molecule has 0 bridgehead atoms. The fourth-order valence-electron chi connectivity index (χ4n) is 0.964. The van der Waals surface area contributed by atoms with Crippen molar-refractivity contribution in [2.24, 2.45) is 0 Å². The Morgan fingerprint density at radius 2 is 2.29 bits per heavy atom. The molecule has 0 aliphatic carbocycles. The second-order valence-electron chi connectivity index (χ2n) is 2.55. The Morgan fingerprint density at radius 3 is 2.79 bits per heavy atom. The third-order valence-electron chi connectivity index (χ3n) is 1.62. The number of nitrogen functional groups attached to an aromatic ring is 2. The van der Waals surface area contributed by atoms with Crippen LogP contribution in [0.3, 0.4) is 0 Å². The lowest BCUT2D eigenvalue weighted by atomic mass is 10.3. The van der Waals surface area contributed by atoms with Gasteiger partial charge in [-0.15, -0.1) is 5.10 Å². The highest BCUT2D eigenvalue weighted by Crippen LogP contribution is 2.07. The molecule has 2 aromatic rings. The quantitative estimate of drug-likeness (QED) is 0.524. The van der Waals surface area contributed by atoms with Crippen molar-refractivity contribution in [3.05, 3.63) is 18.1 Å². The number of nitrogens with zero attached hydrogens (tertiary/aromatic N) is 4. The molecular formula is C6H7N7O. The molecule has 0 unspecified atom stereocenters. The first kappa shape index (κ1) is 8.23. The largest absolute Gasteiger partial charge is 0.383 e. The highest BCUT2D eigenvalue weighted by molar-refractivity contribution is 5.98. The van der Waals surface area contributed by atoms with Gasteiger partial charge in [-0.05, 0) is 0 Å². The summed E-state index contributed by atoms with van der Waals surface area (Å²) < 4.78 is 0.997. The Bertz CT molecular complexity index is 470. The van der Waals surface area contributed by atoms with E-state index in [4.69, 9.17) is 11.5 Å². The van der Waals surface area contributed by atoms with Crippen molar-refractivity contribution in [3.63, 3.8) is 0 Å². The molecule has 0 saturated heterocycles. The first-order chi connectivity index (χ1) is 6.68. The fraction of sp³-hybridized carbons (Fsp3) is 0. The van der Waals surface area contributed by atoms with E-state index in [0.29, 0.717) is 0 Å². The summed E-state index contributed by atoms with van der Waals surface area (Å²) in [7, 11) is 0. The number of rotatable bonds is 1. The maximum absolute atomic E-state index is 11.6. The number of carbonyl (C=O) groups excluding carboxylic acids is 1. The minimum atomic E-state index is -0.430. The van der Waals surface area contributed by atoms with Crippen LogP contribution in [0.5, 0.6) is 0 Å². The van der Waals surface area contributed by atoms with E-state index in [2.05, 4.69) is 20.3 Å². The van der Waals surface area contributed by atoms with Crippen LogP contribution in [0.25, 0.3) is 0 Å². The molecule has 14 heavy (non-hydrogen) atoms. The second kappa shape index (κ2) is 2.83. The first-order valence-corrected chi connectivity index (χ1v) is 3.69. The predicted octanol–water partition coefficient (Wildman–Crippen LogP) is -1.15. The zero-order valence-corrected chi connectivity index (χ0v) is 7.01. The first-order valence-electron chi connectivity index (χ1n) is 3.69. The van der Waals surface area contributed by atoms with Crippen LogP contribution in [-0.4, -0.2) is 30.9 Å². The van der Waals surface area contributed by atoms with Gasteiger partial charge >= 0.3 is 0 Å². The normalized spacial score (nSPS) is 10.3. The molecule has 0 atom stereocenters. The molecule has 0 aliphatic rings. The molecule has 5 N–H and O–H groups in total. The summed E-state index contributed by atoms with van der Waals surface area (Å²) in [6.45, 7) is 0. The summed E-state index contributed by atoms with van der Waals surface area (Å²) in [5, 5.41) is 9.70. The maximum atomic E-state index is 11.6. The van der Waals surface area contributed by atoms with Crippen LogP contribution in [0.15, 0.2) is 12.5 Å².